The third-order valence-electron chi connectivity index (χ3n) is 5.93. The maximum atomic E-state index is 12.1. The van der Waals surface area contributed by atoms with Crippen LogP contribution in [0.4, 0.5) is 0 Å². The largest absolute Gasteiger partial charge is 0.385 e. The fourth-order valence-electron chi connectivity index (χ4n) is 3.98. The van der Waals surface area contributed by atoms with Gasteiger partial charge in [-0.15, -0.1) is 24.0 Å². The van der Waals surface area contributed by atoms with E-state index in [2.05, 4.69) is 29.8 Å². The van der Waals surface area contributed by atoms with Gasteiger partial charge in [0.1, 0.15) is 0 Å². The summed E-state index contributed by atoms with van der Waals surface area (Å²) in [5, 5.41) is 9.86. The quantitative estimate of drug-likeness (QED) is 0.157. The number of rotatable bonds is 12. The summed E-state index contributed by atoms with van der Waals surface area (Å²) in [6.45, 7) is 8.08. The number of halogens is 1. The summed E-state index contributed by atoms with van der Waals surface area (Å²) >= 11 is 0. The molecule has 1 aliphatic carbocycles. The van der Waals surface area contributed by atoms with Crippen LogP contribution < -0.4 is 16.0 Å². The average Bonchev–Trinajstić information content (AvgIpc) is 3.24. The van der Waals surface area contributed by atoms with Crippen LogP contribution in [-0.2, 0) is 11.3 Å². The number of carbonyl (C=O) groups is 1. The number of methoxy groups -OCH3 is 1. The zero-order chi connectivity index (χ0) is 21.7. The van der Waals surface area contributed by atoms with Crippen LogP contribution in [0.2, 0.25) is 0 Å². The van der Waals surface area contributed by atoms with E-state index in [4.69, 9.17) is 9.73 Å². The van der Waals surface area contributed by atoms with E-state index in [0.717, 1.165) is 57.0 Å². The SMILES string of the molecule is CCCCNC(=O)c1ccc(CN=C(NCC)NCC2(CCOC)CCCC2)cc1.I. The van der Waals surface area contributed by atoms with E-state index in [-0.39, 0.29) is 29.9 Å². The molecule has 1 aromatic rings. The molecular formula is C24H41IN4O2. The van der Waals surface area contributed by atoms with Crippen molar-refractivity contribution in [3.05, 3.63) is 35.4 Å². The number of amides is 1. The monoisotopic (exact) mass is 544 g/mol. The Labute approximate surface area is 205 Å². The molecule has 0 spiro atoms. The van der Waals surface area contributed by atoms with Gasteiger partial charge in [-0.05, 0) is 55.7 Å². The van der Waals surface area contributed by atoms with Crippen molar-refractivity contribution in [2.24, 2.45) is 10.4 Å². The highest BCUT2D eigenvalue weighted by atomic mass is 127. The fourth-order valence-corrected chi connectivity index (χ4v) is 3.98. The highest BCUT2D eigenvalue weighted by Crippen LogP contribution is 2.40. The Morgan fingerprint density at radius 2 is 1.81 bits per heavy atom. The fraction of sp³-hybridized carbons (Fsp3) is 0.667. The molecule has 2 rings (SSSR count). The molecular weight excluding hydrogens is 503 g/mol. The second-order valence-corrected chi connectivity index (χ2v) is 8.31. The molecule has 1 aromatic carbocycles. The van der Waals surface area contributed by atoms with Crippen LogP contribution in [0.1, 0.15) is 74.7 Å². The number of nitrogens with one attached hydrogen (secondary N) is 3. The third kappa shape index (κ3) is 9.76. The van der Waals surface area contributed by atoms with Crippen LogP contribution in [0, 0.1) is 5.41 Å². The molecule has 1 fully saturated rings. The summed E-state index contributed by atoms with van der Waals surface area (Å²) in [5.41, 5.74) is 2.11. The van der Waals surface area contributed by atoms with Crippen LogP contribution >= 0.6 is 24.0 Å². The number of hydrogen-bond donors (Lipinski definition) is 3. The number of benzene rings is 1. The standard InChI is InChI=1S/C24H40N4O2.HI/c1-4-6-16-26-22(29)21-11-9-20(10-12-21)18-27-23(25-5-2)28-19-24(15-17-30-3)13-7-8-14-24;/h9-12H,4-8,13-19H2,1-3H3,(H,26,29)(H2,25,27,28);1H. The molecule has 31 heavy (non-hydrogen) atoms. The number of guanidine groups is 1. The van der Waals surface area contributed by atoms with Crippen molar-refractivity contribution in [2.75, 3.05) is 33.4 Å². The molecule has 0 radical (unpaired) electrons. The molecule has 0 saturated heterocycles. The second kappa shape index (κ2) is 15.5. The van der Waals surface area contributed by atoms with Gasteiger partial charge in [-0.1, -0.05) is 38.3 Å². The van der Waals surface area contributed by atoms with Gasteiger partial charge in [0, 0.05) is 38.9 Å². The molecule has 1 amide bonds. The van der Waals surface area contributed by atoms with Crippen molar-refractivity contribution in [1.82, 2.24) is 16.0 Å². The van der Waals surface area contributed by atoms with E-state index in [9.17, 15) is 4.79 Å². The molecule has 0 bridgehead atoms. The molecule has 6 nitrogen and oxygen atoms in total. The number of unbranched alkanes of at least 4 members (excludes halogenated alkanes) is 1. The van der Waals surface area contributed by atoms with Crippen LogP contribution in [-0.4, -0.2) is 45.2 Å². The van der Waals surface area contributed by atoms with E-state index >= 15 is 0 Å². The number of hydrogen-bond acceptors (Lipinski definition) is 3. The highest BCUT2D eigenvalue weighted by Gasteiger charge is 2.33. The minimum atomic E-state index is -0.00794. The second-order valence-electron chi connectivity index (χ2n) is 8.31. The number of ether oxygens (including phenoxy) is 1. The third-order valence-corrected chi connectivity index (χ3v) is 5.93. The van der Waals surface area contributed by atoms with Crippen LogP contribution in [0.5, 0.6) is 0 Å². The van der Waals surface area contributed by atoms with Crippen molar-refractivity contribution in [3.63, 3.8) is 0 Å². The van der Waals surface area contributed by atoms with Gasteiger partial charge in [0.15, 0.2) is 5.96 Å². The van der Waals surface area contributed by atoms with Crippen LogP contribution in [0.25, 0.3) is 0 Å². The zero-order valence-electron chi connectivity index (χ0n) is 19.5. The number of aliphatic imine (C=N–C) groups is 1. The first-order valence-corrected chi connectivity index (χ1v) is 11.5. The van der Waals surface area contributed by atoms with E-state index in [0.29, 0.717) is 17.5 Å². The lowest BCUT2D eigenvalue weighted by Crippen LogP contribution is -2.43. The van der Waals surface area contributed by atoms with E-state index in [1.165, 1.54) is 25.7 Å². The molecule has 176 valence electrons. The lowest BCUT2D eigenvalue weighted by atomic mass is 9.83. The van der Waals surface area contributed by atoms with Gasteiger partial charge in [0.2, 0.25) is 0 Å². The first kappa shape index (κ1) is 27.7. The first-order valence-electron chi connectivity index (χ1n) is 11.5. The Balaban J connectivity index is 0.00000480. The van der Waals surface area contributed by atoms with Crippen molar-refractivity contribution < 1.29 is 9.53 Å². The van der Waals surface area contributed by atoms with Crippen LogP contribution in [0.15, 0.2) is 29.3 Å². The molecule has 0 aliphatic heterocycles. The predicted molar refractivity (Wildman–Crippen MR) is 139 cm³/mol. The lowest BCUT2D eigenvalue weighted by molar-refractivity contribution is 0.0953. The summed E-state index contributed by atoms with van der Waals surface area (Å²) in [4.78, 5) is 16.9. The minimum absolute atomic E-state index is 0. The smallest absolute Gasteiger partial charge is 0.251 e. The number of nitrogens with zero attached hydrogens (tertiary/aromatic N) is 1. The molecule has 3 N–H and O–H groups in total. The van der Waals surface area contributed by atoms with Gasteiger partial charge in [0.25, 0.3) is 5.91 Å². The molecule has 0 atom stereocenters. The molecule has 1 aliphatic rings. The van der Waals surface area contributed by atoms with Gasteiger partial charge >= 0.3 is 0 Å². The van der Waals surface area contributed by atoms with Gasteiger partial charge in [-0.25, -0.2) is 4.99 Å². The Morgan fingerprint density at radius 1 is 1.10 bits per heavy atom. The normalized spacial score (nSPS) is 15.3. The minimum Gasteiger partial charge on any atom is -0.385 e. The Bertz CT molecular complexity index is 658. The maximum Gasteiger partial charge on any atom is 0.251 e. The van der Waals surface area contributed by atoms with Crippen molar-refractivity contribution in [3.8, 4) is 0 Å². The van der Waals surface area contributed by atoms with Crippen molar-refractivity contribution in [2.45, 2.75) is 65.3 Å². The Kier molecular flexibility index (Phi) is 13.8. The lowest BCUT2D eigenvalue weighted by Gasteiger charge is -2.30. The van der Waals surface area contributed by atoms with E-state index in [1.54, 1.807) is 7.11 Å². The zero-order valence-corrected chi connectivity index (χ0v) is 21.8. The maximum absolute atomic E-state index is 12.1. The van der Waals surface area contributed by atoms with Gasteiger partial charge in [-0.2, -0.15) is 0 Å². The first-order chi connectivity index (χ1) is 14.6. The molecule has 0 unspecified atom stereocenters. The molecule has 0 heterocycles. The van der Waals surface area contributed by atoms with E-state index in [1.807, 2.05) is 24.3 Å². The summed E-state index contributed by atoms with van der Waals surface area (Å²) in [6.07, 6.45) is 8.29. The summed E-state index contributed by atoms with van der Waals surface area (Å²) in [6, 6.07) is 7.73. The topological polar surface area (TPSA) is 74.8 Å². The van der Waals surface area contributed by atoms with Gasteiger partial charge < -0.3 is 20.7 Å². The molecule has 0 aromatic heterocycles. The van der Waals surface area contributed by atoms with Crippen molar-refractivity contribution >= 4 is 35.8 Å². The van der Waals surface area contributed by atoms with Gasteiger partial charge in [-0.3, -0.25) is 4.79 Å². The average molecular weight is 545 g/mol. The van der Waals surface area contributed by atoms with Gasteiger partial charge in [0.05, 0.1) is 6.54 Å². The van der Waals surface area contributed by atoms with Crippen molar-refractivity contribution in [1.29, 1.82) is 0 Å². The van der Waals surface area contributed by atoms with Crippen LogP contribution in [0.3, 0.4) is 0 Å². The Hall–Kier alpha value is -1.35. The molecule has 1 saturated carbocycles. The van der Waals surface area contributed by atoms with E-state index < -0.39 is 0 Å². The Morgan fingerprint density at radius 3 is 2.42 bits per heavy atom. The summed E-state index contributed by atoms with van der Waals surface area (Å²) in [7, 11) is 1.78. The molecule has 7 heteroatoms. The predicted octanol–water partition coefficient (Wildman–Crippen LogP) is 4.49. The highest BCUT2D eigenvalue weighted by molar-refractivity contribution is 14.0. The summed E-state index contributed by atoms with van der Waals surface area (Å²) < 4.78 is 5.34. The number of carbonyl (C=O) groups excluding carboxylic acids is 1. The summed E-state index contributed by atoms with van der Waals surface area (Å²) in [5.74, 6) is 0.842.